The van der Waals surface area contributed by atoms with Crippen molar-refractivity contribution in [3.05, 3.63) is 24.3 Å². The number of rotatable bonds is 7. The molecule has 1 heterocycles. The predicted molar refractivity (Wildman–Crippen MR) is 85.6 cm³/mol. The molecular weight excluding hydrogens is 314 g/mol. The van der Waals surface area contributed by atoms with Gasteiger partial charge in [-0.05, 0) is 37.6 Å². The summed E-state index contributed by atoms with van der Waals surface area (Å²) in [6, 6.07) is 6.10. The zero-order valence-corrected chi connectivity index (χ0v) is 14.0. The second kappa shape index (κ2) is 7.81. The fourth-order valence-electron chi connectivity index (χ4n) is 2.76. The van der Waals surface area contributed by atoms with E-state index in [9.17, 15) is 14.4 Å². The van der Waals surface area contributed by atoms with Gasteiger partial charge in [0.05, 0.1) is 26.7 Å². The molecule has 1 aromatic rings. The fourth-order valence-corrected chi connectivity index (χ4v) is 2.76. The van der Waals surface area contributed by atoms with Crippen LogP contribution in [0, 0.1) is 5.92 Å². The summed E-state index contributed by atoms with van der Waals surface area (Å²) in [5.41, 5.74) is 0.587. The molecule has 7 heteroatoms. The largest absolute Gasteiger partial charge is 0.497 e. The molecule has 2 atom stereocenters. The van der Waals surface area contributed by atoms with Crippen molar-refractivity contribution in [2.45, 2.75) is 25.8 Å². The summed E-state index contributed by atoms with van der Waals surface area (Å²) in [7, 11) is 2.83. The third-order valence-electron chi connectivity index (χ3n) is 3.97. The molecule has 0 aromatic heterocycles. The standard InChI is InChI=1S/C17H21NO6/c1-4-24-14(19)10-9-13-15(17(21)23-3)18(16(13)20)11-5-7-12(22-2)8-6-11/h5-8,13,15H,4,9-10H2,1-3H3/t13-,15-/m1/s1. The second-order valence-electron chi connectivity index (χ2n) is 5.32. The van der Waals surface area contributed by atoms with E-state index in [2.05, 4.69) is 0 Å². The monoisotopic (exact) mass is 335 g/mol. The first-order valence-corrected chi connectivity index (χ1v) is 7.74. The molecule has 7 nitrogen and oxygen atoms in total. The van der Waals surface area contributed by atoms with E-state index in [1.165, 1.54) is 12.0 Å². The Morgan fingerprint density at radius 3 is 2.38 bits per heavy atom. The minimum absolute atomic E-state index is 0.0915. The smallest absolute Gasteiger partial charge is 0.329 e. The van der Waals surface area contributed by atoms with E-state index in [4.69, 9.17) is 14.2 Å². The third kappa shape index (κ3) is 3.50. The molecule has 130 valence electrons. The lowest BCUT2D eigenvalue weighted by Crippen LogP contribution is -2.65. The molecule has 1 aliphatic heterocycles. The molecule has 0 unspecified atom stereocenters. The van der Waals surface area contributed by atoms with Crippen molar-refractivity contribution >= 4 is 23.5 Å². The van der Waals surface area contributed by atoms with Crippen molar-refractivity contribution < 1.29 is 28.6 Å². The third-order valence-corrected chi connectivity index (χ3v) is 3.97. The lowest BCUT2D eigenvalue weighted by Gasteiger charge is -2.45. The molecule has 0 N–H and O–H groups in total. The van der Waals surface area contributed by atoms with Crippen molar-refractivity contribution in [3.8, 4) is 5.75 Å². The van der Waals surface area contributed by atoms with E-state index in [1.54, 1.807) is 38.3 Å². The Hall–Kier alpha value is -2.57. The number of benzene rings is 1. The Morgan fingerprint density at radius 1 is 1.17 bits per heavy atom. The molecule has 0 saturated carbocycles. The summed E-state index contributed by atoms with van der Waals surface area (Å²) in [4.78, 5) is 37.4. The van der Waals surface area contributed by atoms with Gasteiger partial charge in [-0.3, -0.25) is 14.5 Å². The van der Waals surface area contributed by atoms with E-state index in [0.717, 1.165) is 0 Å². The van der Waals surface area contributed by atoms with Gasteiger partial charge in [0.1, 0.15) is 11.8 Å². The summed E-state index contributed by atoms with van der Waals surface area (Å²) in [5.74, 6) is -1.01. The number of nitrogens with zero attached hydrogens (tertiary/aromatic N) is 1. The van der Waals surface area contributed by atoms with E-state index in [1.807, 2.05) is 0 Å². The average Bonchev–Trinajstić information content (AvgIpc) is 2.59. The predicted octanol–water partition coefficient (Wildman–Crippen LogP) is 1.54. The van der Waals surface area contributed by atoms with Crippen LogP contribution in [-0.2, 0) is 23.9 Å². The maximum absolute atomic E-state index is 12.5. The number of methoxy groups -OCH3 is 2. The van der Waals surface area contributed by atoms with Gasteiger partial charge in [-0.1, -0.05) is 0 Å². The number of amides is 1. The van der Waals surface area contributed by atoms with E-state index in [0.29, 0.717) is 11.4 Å². The van der Waals surface area contributed by atoms with Crippen LogP contribution in [-0.4, -0.2) is 44.7 Å². The van der Waals surface area contributed by atoms with Gasteiger partial charge in [0.2, 0.25) is 5.91 Å². The van der Waals surface area contributed by atoms with Gasteiger partial charge in [0.15, 0.2) is 0 Å². The summed E-state index contributed by atoms with van der Waals surface area (Å²) in [6.07, 6.45) is 0.346. The number of carbonyl (C=O) groups is 3. The molecule has 1 amide bonds. The number of anilines is 1. The molecular formula is C17H21NO6. The zero-order chi connectivity index (χ0) is 17.7. The van der Waals surface area contributed by atoms with Crippen LogP contribution in [0.15, 0.2) is 24.3 Å². The number of esters is 2. The maximum Gasteiger partial charge on any atom is 0.329 e. The average molecular weight is 335 g/mol. The Kier molecular flexibility index (Phi) is 5.78. The van der Waals surface area contributed by atoms with Crippen LogP contribution >= 0.6 is 0 Å². The molecule has 0 radical (unpaired) electrons. The van der Waals surface area contributed by atoms with E-state index < -0.39 is 17.9 Å². The molecule has 0 spiro atoms. The van der Waals surface area contributed by atoms with Gasteiger partial charge in [-0.15, -0.1) is 0 Å². The summed E-state index contributed by atoms with van der Waals surface area (Å²) >= 11 is 0. The van der Waals surface area contributed by atoms with E-state index in [-0.39, 0.29) is 31.3 Å². The topological polar surface area (TPSA) is 82.1 Å². The van der Waals surface area contributed by atoms with E-state index >= 15 is 0 Å². The van der Waals surface area contributed by atoms with Crippen LogP contribution in [0.4, 0.5) is 5.69 Å². The number of hydrogen-bond donors (Lipinski definition) is 0. The second-order valence-corrected chi connectivity index (χ2v) is 5.32. The highest BCUT2D eigenvalue weighted by Crippen LogP contribution is 2.36. The summed E-state index contributed by atoms with van der Waals surface area (Å²) < 4.78 is 14.8. The first-order valence-electron chi connectivity index (χ1n) is 7.74. The van der Waals surface area contributed by atoms with Crippen LogP contribution in [0.3, 0.4) is 0 Å². The Bertz CT molecular complexity index is 612. The highest BCUT2D eigenvalue weighted by molar-refractivity contribution is 6.10. The maximum atomic E-state index is 12.5. The molecule has 1 aromatic carbocycles. The van der Waals surface area contributed by atoms with Crippen molar-refractivity contribution in [2.24, 2.45) is 5.92 Å². The van der Waals surface area contributed by atoms with Gasteiger partial charge >= 0.3 is 11.9 Å². The number of β-lactam (4-membered cyclic amide) rings is 1. The van der Waals surface area contributed by atoms with Crippen LogP contribution in [0.2, 0.25) is 0 Å². The van der Waals surface area contributed by atoms with Gasteiger partial charge in [-0.2, -0.15) is 0 Å². The SMILES string of the molecule is CCOC(=O)CC[C@H]1C(=O)N(c2ccc(OC)cc2)[C@H]1C(=O)OC. The Labute approximate surface area is 140 Å². The van der Waals surface area contributed by atoms with Crippen LogP contribution in [0.5, 0.6) is 5.75 Å². The Morgan fingerprint density at radius 2 is 1.83 bits per heavy atom. The number of hydrogen-bond acceptors (Lipinski definition) is 6. The quantitative estimate of drug-likeness (QED) is 0.555. The van der Waals surface area contributed by atoms with Gasteiger partial charge in [-0.25, -0.2) is 4.79 Å². The van der Waals surface area contributed by atoms with Gasteiger partial charge in [0, 0.05) is 12.1 Å². The highest BCUT2D eigenvalue weighted by Gasteiger charge is 2.52. The first-order chi connectivity index (χ1) is 11.5. The van der Waals surface area contributed by atoms with Crippen LogP contribution in [0.1, 0.15) is 19.8 Å². The van der Waals surface area contributed by atoms with Crippen molar-refractivity contribution in [3.63, 3.8) is 0 Å². The molecule has 0 aliphatic carbocycles. The Balaban J connectivity index is 2.12. The molecule has 2 rings (SSSR count). The molecule has 1 saturated heterocycles. The van der Waals surface area contributed by atoms with Crippen LogP contribution < -0.4 is 9.64 Å². The van der Waals surface area contributed by atoms with Crippen LogP contribution in [0.25, 0.3) is 0 Å². The molecule has 1 fully saturated rings. The lowest BCUT2D eigenvalue weighted by atomic mass is 9.83. The summed E-state index contributed by atoms with van der Waals surface area (Å²) in [6.45, 7) is 2.00. The van der Waals surface area contributed by atoms with Crippen molar-refractivity contribution in [1.29, 1.82) is 0 Å². The van der Waals surface area contributed by atoms with Crippen molar-refractivity contribution in [2.75, 3.05) is 25.7 Å². The lowest BCUT2D eigenvalue weighted by molar-refractivity contribution is -0.153. The molecule has 0 bridgehead atoms. The zero-order valence-electron chi connectivity index (χ0n) is 14.0. The number of ether oxygens (including phenoxy) is 3. The first kappa shape index (κ1) is 17.8. The minimum atomic E-state index is -0.731. The van der Waals surface area contributed by atoms with Gasteiger partial charge < -0.3 is 14.2 Å². The summed E-state index contributed by atoms with van der Waals surface area (Å²) in [5, 5.41) is 0. The van der Waals surface area contributed by atoms with Crippen molar-refractivity contribution in [1.82, 2.24) is 0 Å². The molecule has 24 heavy (non-hydrogen) atoms. The fraction of sp³-hybridized carbons (Fsp3) is 0.471. The van der Waals surface area contributed by atoms with Gasteiger partial charge in [0.25, 0.3) is 0 Å². The normalized spacial score (nSPS) is 19.5. The number of carbonyl (C=O) groups excluding carboxylic acids is 3. The minimum Gasteiger partial charge on any atom is -0.497 e. The molecule has 1 aliphatic rings. The highest BCUT2D eigenvalue weighted by atomic mass is 16.5.